The van der Waals surface area contributed by atoms with Crippen molar-refractivity contribution >= 4 is 5.91 Å². The molecular weight excluding hydrogens is 384 g/mol. The van der Waals surface area contributed by atoms with Crippen molar-refractivity contribution in [2.75, 3.05) is 6.54 Å². The van der Waals surface area contributed by atoms with Crippen LogP contribution in [0.15, 0.2) is 77.6 Å². The minimum Gasteiger partial charge on any atom is -0.443 e. The lowest BCUT2D eigenvalue weighted by Crippen LogP contribution is -2.40. The van der Waals surface area contributed by atoms with Gasteiger partial charge in [-0.15, -0.1) is 0 Å². The molecule has 0 spiro atoms. The van der Waals surface area contributed by atoms with E-state index in [1.165, 1.54) is 17.5 Å². The van der Waals surface area contributed by atoms with Crippen LogP contribution in [0.2, 0.25) is 0 Å². The normalized spacial score (nSPS) is 20.3. The summed E-state index contributed by atoms with van der Waals surface area (Å²) in [6.45, 7) is 0.753. The van der Waals surface area contributed by atoms with Crippen LogP contribution in [0.5, 0.6) is 0 Å². The zero-order valence-corrected chi connectivity index (χ0v) is 17.7. The highest BCUT2D eigenvalue weighted by Gasteiger charge is 2.34. The van der Waals surface area contributed by atoms with E-state index in [1.807, 2.05) is 30.3 Å². The van der Waals surface area contributed by atoms with E-state index in [9.17, 15) is 4.79 Å². The summed E-state index contributed by atoms with van der Waals surface area (Å²) in [5, 5.41) is 0. The Hall–Kier alpha value is -3.14. The average molecular weight is 413 g/mol. The molecule has 0 radical (unpaired) electrons. The molecule has 4 nitrogen and oxygen atoms in total. The summed E-state index contributed by atoms with van der Waals surface area (Å²) in [7, 11) is 0. The molecule has 2 aliphatic rings. The van der Waals surface area contributed by atoms with Gasteiger partial charge in [-0.05, 0) is 55.6 Å². The van der Waals surface area contributed by atoms with Crippen LogP contribution < -0.4 is 0 Å². The minimum absolute atomic E-state index is 0.0242. The lowest BCUT2D eigenvalue weighted by atomic mass is 9.85. The second kappa shape index (κ2) is 8.93. The van der Waals surface area contributed by atoms with Gasteiger partial charge < -0.3 is 9.32 Å². The van der Waals surface area contributed by atoms with Gasteiger partial charge in [0.15, 0.2) is 17.8 Å². The molecule has 2 atom stereocenters. The molecule has 1 heterocycles. The van der Waals surface area contributed by atoms with Crippen LogP contribution >= 0.6 is 0 Å². The van der Waals surface area contributed by atoms with E-state index in [0.29, 0.717) is 17.4 Å². The highest BCUT2D eigenvalue weighted by molar-refractivity contribution is 5.98. The van der Waals surface area contributed by atoms with Crippen molar-refractivity contribution in [3.05, 3.63) is 90.0 Å². The molecule has 0 aliphatic heterocycles. The molecule has 0 fully saturated rings. The molecule has 0 saturated carbocycles. The number of oxazole rings is 1. The Morgan fingerprint density at radius 3 is 2.71 bits per heavy atom. The van der Waals surface area contributed by atoms with Crippen molar-refractivity contribution in [1.29, 1.82) is 0 Å². The number of carbonyl (C=O) groups is 1. The lowest BCUT2D eigenvalue weighted by molar-refractivity contribution is 0.0606. The highest BCUT2D eigenvalue weighted by atomic mass is 16.3. The number of benzene rings is 2. The fourth-order valence-corrected chi connectivity index (χ4v) is 5.03. The third-order valence-electron chi connectivity index (χ3n) is 6.61. The molecular formula is C27H28N2O2. The third kappa shape index (κ3) is 4.07. The highest BCUT2D eigenvalue weighted by Crippen LogP contribution is 2.37. The fourth-order valence-electron chi connectivity index (χ4n) is 5.03. The molecule has 3 aromatic rings. The molecule has 1 amide bonds. The number of allylic oxidation sites excluding steroid dienone is 2. The lowest BCUT2D eigenvalue weighted by Gasteiger charge is -2.38. The van der Waals surface area contributed by atoms with E-state index in [1.54, 1.807) is 0 Å². The summed E-state index contributed by atoms with van der Waals surface area (Å²) in [6.07, 6.45) is 12.3. The number of aryl methyl sites for hydroxylation is 1. The Labute approximate surface area is 183 Å². The smallest absolute Gasteiger partial charge is 0.277 e. The molecule has 0 saturated heterocycles. The van der Waals surface area contributed by atoms with Gasteiger partial charge in [-0.3, -0.25) is 4.79 Å². The van der Waals surface area contributed by atoms with Crippen LogP contribution in [-0.4, -0.2) is 22.3 Å². The van der Waals surface area contributed by atoms with Crippen molar-refractivity contribution in [3.8, 4) is 11.3 Å². The van der Waals surface area contributed by atoms with E-state index in [4.69, 9.17) is 4.42 Å². The number of hydrogen-bond donors (Lipinski definition) is 0. The number of aromatic nitrogens is 1. The molecule has 4 heteroatoms. The van der Waals surface area contributed by atoms with Gasteiger partial charge in [0, 0.05) is 12.1 Å². The molecule has 31 heavy (non-hydrogen) atoms. The first-order valence-electron chi connectivity index (χ1n) is 11.3. The summed E-state index contributed by atoms with van der Waals surface area (Å²) in [5.41, 5.74) is 3.95. The number of amides is 1. The molecule has 1 aromatic heterocycles. The maximum absolute atomic E-state index is 14.0. The Morgan fingerprint density at radius 1 is 1.03 bits per heavy atom. The molecule has 2 aliphatic carbocycles. The molecule has 0 bridgehead atoms. The van der Waals surface area contributed by atoms with Crippen LogP contribution in [0.4, 0.5) is 0 Å². The van der Waals surface area contributed by atoms with Crippen molar-refractivity contribution in [2.24, 2.45) is 5.92 Å². The van der Waals surface area contributed by atoms with E-state index in [0.717, 1.165) is 50.6 Å². The Bertz CT molecular complexity index is 1070. The topological polar surface area (TPSA) is 46.3 Å². The maximum atomic E-state index is 14.0. The van der Waals surface area contributed by atoms with E-state index in [2.05, 4.69) is 46.3 Å². The van der Waals surface area contributed by atoms with E-state index >= 15 is 0 Å². The summed E-state index contributed by atoms with van der Waals surface area (Å²) < 4.78 is 5.70. The first kappa shape index (κ1) is 19.8. The van der Waals surface area contributed by atoms with Crippen LogP contribution in [0, 0.1) is 5.92 Å². The molecule has 158 valence electrons. The Morgan fingerprint density at radius 2 is 1.87 bits per heavy atom. The summed E-state index contributed by atoms with van der Waals surface area (Å²) in [6, 6.07) is 18.5. The van der Waals surface area contributed by atoms with Gasteiger partial charge >= 0.3 is 0 Å². The van der Waals surface area contributed by atoms with Crippen molar-refractivity contribution in [1.82, 2.24) is 9.88 Å². The standard InChI is InChI=1S/C27H28N2O2/c30-27(25-26(31-19-28-25)22-13-5-2-6-14-22)29(18-20-10-3-1-4-11-20)24-17-9-15-21-12-7-8-16-23(21)24/h1-3,5-8,12-14,16,19-20,24H,4,9-11,15,17-18H2/t20-,24+/m0/s1. The number of carbonyl (C=O) groups excluding carboxylic acids is 1. The fraction of sp³-hybridized carbons (Fsp3) is 0.333. The zero-order valence-electron chi connectivity index (χ0n) is 17.7. The van der Waals surface area contributed by atoms with Gasteiger partial charge in [-0.25, -0.2) is 4.98 Å². The number of hydrogen-bond acceptors (Lipinski definition) is 3. The number of nitrogens with zero attached hydrogens (tertiary/aromatic N) is 2. The molecule has 0 unspecified atom stereocenters. The van der Waals surface area contributed by atoms with Crippen LogP contribution in [0.25, 0.3) is 11.3 Å². The SMILES string of the molecule is O=C(c1ncoc1-c1ccccc1)N(C[C@H]1CC=CCC1)[C@@H]1CCCc2ccccc21. The predicted molar refractivity (Wildman–Crippen MR) is 122 cm³/mol. The second-order valence-corrected chi connectivity index (χ2v) is 8.61. The quantitative estimate of drug-likeness (QED) is 0.468. The summed E-state index contributed by atoms with van der Waals surface area (Å²) >= 11 is 0. The van der Waals surface area contributed by atoms with Crippen LogP contribution in [-0.2, 0) is 6.42 Å². The van der Waals surface area contributed by atoms with Gasteiger partial charge in [0.2, 0.25) is 0 Å². The van der Waals surface area contributed by atoms with E-state index < -0.39 is 0 Å². The molecule has 2 aromatic carbocycles. The van der Waals surface area contributed by atoms with Crippen molar-refractivity contribution < 1.29 is 9.21 Å². The Balaban J connectivity index is 1.52. The van der Waals surface area contributed by atoms with Gasteiger partial charge in [-0.2, -0.15) is 0 Å². The summed E-state index contributed by atoms with van der Waals surface area (Å²) in [4.78, 5) is 20.4. The van der Waals surface area contributed by atoms with E-state index in [-0.39, 0.29) is 11.9 Å². The maximum Gasteiger partial charge on any atom is 0.277 e. The molecule has 5 rings (SSSR count). The third-order valence-corrected chi connectivity index (χ3v) is 6.61. The monoisotopic (exact) mass is 412 g/mol. The first-order chi connectivity index (χ1) is 15.3. The van der Waals surface area contributed by atoms with Gasteiger partial charge in [0.1, 0.15) is 0 Å². The largest absolute Gasteiger partial charge is 0.443 e. The van der Waals surface area contributed by atoms with Crippen LogP contribution in [0.3, 0.4) is 0 Å². The second-order valence-electron chi connectivity index (χ2n) is 8.61. The predicted octanol–water partition coefficient (Wildman–Crippen LogP) is 6.22. The minimum atomic E-state index is -0.0242. The van der Waals surface area contributed by atoms with Gasteiger partial charge in [-0.1, -0.05) is 66.7 Å². The zero-order chi connectivity index (χ0) is 21.0. The first-order valence-corrected chi connectivity index (χ1v) is 11.3. The van der Waals surface area contributed by atoms with Gasteiger partial charge in [0.05, 0.1) is 6.04 Å². The van der Waals surface area contributed by atoms with Crippen molar-refractivity contribution in [3.63, 3.8) is 0 Å². The average Bonchev–Trinajstić information content (AvgIpc) is 3.33. The van der Waals surface area contributed by atoms with Crippen molar-refractivity contribution in [2.45, 2.75) is 44.6 Å². The summed E-state index contributed by atoms with van der Waals surface area (Å²) in [5.74, 6) is 1.02. The van der Waals surface area contributed by atoms with Crippen LogP contribution in [0.1, 0.15) is 59.8 Å². The Kier molecular flexibility index (Phi) is 5.70. The molecule has 0 N–H and O–H groups in total. The number of fused-ring (bicyclic) bond motifs is 1. The van der Waals surface area contributed by atoms with Gasteiger partial charge in [0.25, 0.3) is 5.91 Å². The number of rotatable bonds is 5.